The maximum absolute atomic E-state index is 12.0. The number of amides is 1. The molecule has 5 nitrogen and oxygen atoms in total. The molecule has 1 heterocycles. The molecule has 21 heavy (non-hydrogen) atoms. The van der Waals surface area contributed by atoms with Gasteiger partial charge in [-0.2, -0.15) is 0 Å². The number of rotatable bonds is 6. The number of methoxy groups -OCH3 is 1. The summed E-state index contributed by atoms with van der Waals surface area (Å²) in [5.41, 5.74) is 1.26. The number of aryl methyl sites for hydroxylation is 1. The first kappa shape index (κ1) is 16.0. The Kier molecular flexibility index (Phi) is 5.76. The summed E-state index contributed by atoms with van der Waals surface area (Å²) in [7, 11) is 1.56. The maximum atomic E-state index is 12.0. The van der Waals surface area contributed by atoms with Crippen molar-refractivity contribution >= 4 is 23.2 Å². The van der Waals surface area contributed by atoms with Crippen molar-refractivity contribution in [3.05, 3.63) is 21.4 Å². The maximum Gasteiger partial charge on any atom is 0.348 e. The zero-order chi connectivity index (χ0) is 15.2. The van der Waals surface area contributed by atoms with E-state index in [0.717, 1.165) is 12.8 Å². The van der Waals surface area contributed by atoms with Crippen molar-refractivity contribution in [3.8, 4) is 0 Å². The third-order valence-electron chi connectivity index (χ3n) is 3.49. The first-order valence-corrected chi connectivity index (χ1v) is 7.96. The van der Waals surface area contributed by atoms with Gasteiger partial charge < -0.3 is 14.8 Å². The Hall–Kier alpha value is -1.40. The molecular weight excluding hydrogens is 290 g/mol. The van der Waals surface area contributed by atoms with Gasteiger partial charge in [-0.05, 0) is 36.8 Å². The number of thiophene rings is 1. The van der Waals surface area contributed by atoms with Gasteiger partial charge in [-0.25, -0.2) is 4.79 Å². The van der Waals surface area contributed by atoms with E-state index in [1.54, 1.807) is 7.11 Å². The number of carbonyl (C=O) groups excluding carboxylic acids is 2. The van der Waals surface area contributed by atoms with Crippen LogP contribution in [0.1, 0.15) is 33.5 Å². The second-order valence-corrected chi connectivity index (χ2v) is 6.46. The van der Waals surface area contributed by atoms with E-state index in [0.29, 0.717) is 23.9 Å². The fourth-order valence-electron chi connectivity index (χ4n) is 2.35. The highest BCUT2D eigenvalue weighted by molar-refractivity contribution is 7.14. The van der Waals surface area contributed by atoms with Crippen molar-refractivity contribution < 1.29 is 19.1 Å². The van der Waals surface area contributed by atoms with Crippen LogP contribution in [0.25, 0.3) is 0 Å². The van der Waals surface area contributed by atoms with E-state index < -0.39 is 5.97 Å². The summed E-state index contributed by atoms with van der Waals surface area (Å²) in [5, 5.41) is 2.61. The third kappa shape index (κ3) is 4.54. The molecular formula is C15H21NO4S. The van der Waals surface area contributed by atoms with E-state index >= 15 is 0 Å². The van der Waals surface area contributed by atoms with Gasteiger partial charge in [0.15, 0.2) is 6.61 Å². The molecule has 0 saturated carbocycles. The normalized spacial score (nSPS) is 17.1. The molecule has 1 aliphatic rings. The van der Waals surface area contributed by atoms with Crippen LogP contribution in [-0.4, -0.2) is 38.7 Å². The summed E-state index contributed by atoms with van der Waals surface area (Å²) >= 11 is 1.49. The predicted molar refractivity (Wildman–Crippen MR) is 80.7 cm³/mol. The monoisotopic (exact) mass is 311 g/mol. The van der Waals surface area contributed by atoms with Crippen LogP contribution in [0.4, 0.5) is 0 Å². The molecule has 1 aromatic heterocycles. The summed E-state index contributed by atoms with van der Waals surface area (Å²) in [6, 6.07) is 1.92. The van der Waals surface area contributed by atoms with Crippen LogP contribution >= 0.6 is 11.3 Å². The largest absolute Gasteiger partial charge is 0.451 e. The van der Waals surface area contributed by atoms with Crippen LogP contribution in [-0.2, 0) is 27.1 Å². The van der Waals surface area contributed by atoms with Gasteiger partial charge >= 0.3 is 5.97 Å². The molecule has 6 heteroatoms. The van der Waals surface area contributed by atoms with Gasteiger partial charge in [-0.15, -0.1) is 11.3 Å². The Bertz CT molecular complexity index is 512. The molecule has 0 spiro atoms. The lowest BCUT2D eigenvalue weighted by Crippen LogP contribution is -2.31. The van der Waals surface area contributed by atoms with Crippen molar-refractivity contribution in [1.29, 1.82) is 0 Å². The average molecular weight is 311 g/mol. The number of hydrogen-bond donors (Lipinski definition) is 1. The van der Waals surface area contributed by atoms with Crippen LogP contribution in [0.15, 0.2) is 6.07 Å². The molecule has 1 atom stereocenters. The number of nitrogens with one attached hydrogen (secondary N) is 1. The van der Waals surface area contributed by atoms with Crippen molar-refractivity contribution in [2.24, 2.45) is 5.92 Å². The molecule has 1 aliphatic carbocycles. The molecule has 0 radical (unpaired) electrons. The van der Waals surface area contributed by atoms with E-state index in [2.05, 4.69) is 12.2 Å². The Morgan fingerprint density at radius 2 is 2.29 bits per heavy atom. The van der Waals surface area contributed by atoms with Crippen LogP contribution < -0.4 is 5.32 Å². The molecule has 1 aromatic rings. The van der Waals surface area contributed by atoms with Gasteiger partial charge in [0, 0.05) is 18.5 Å². The molecule has 0 fully saturated rings. The lowest BCUT2D eigenvalue weighted by Gasteiger charge is -2.16. The highest BCUT2D eigenvalue weighted by Crippen LogP contribution is 2.32. The van der Waals surface area contributed by atoms with Gasteiger partial charge in [0.2, 0.25) is 0 Å². The molecule has 116 valence electrons. The SMILES string of the molecule is COCCNC(=O)COC(=O)c1cc2c(s1)CC[C@@H](C)C2. The number of fused-ring (bicyclic) bond motifs is 1. The minimum Gasteiger partial charge on any atom is -0.451 e. The van der Waals surface area contributed by atoms with Gasteiger partial charge in [-0.1, -0.05) is 6.92 Å². The van der Waals surface area contributed by atoms with Crippen molar-refractivity contribution in [2.45, 2.75) is 26.2 Å². The predicted octanol–water partition coefficient (Wildman–Crippen LogP) is 1.79. The Morgan fingerprint density at radius 3 is 3.05 bits per heavy atom. The molecule has 0 aliphatic heterocycles. The zero-order valence-electron chi connectivity index (χ0n) is 12.4. The van der Waals surface area contributed by atoms with Crippen LogP contribution in [0.2, 0.25) is 0 Å². The zero-order valence-corrected chi connectivity index (χ0v) is 13.3. The highest BCUT2D eigenvalue weighted by Gasteiger charge is 2.21. The van der Waals surface area contributed by atoms with Crippen molar-refractivity contribution in [2.75, 3.05) is 26.9 Å². The number of hydrogen-bond acceptors (Lipinski definition) is 5. The van der Waals surface area contributed by atoms with Gasteiger partial charge in [0.05, 0.1) is 6.61 Å². The van der Waals surface area contributed by atoms with E-state index in [4.69, 9.17) is 9.47 Å². The number of esters is 1. The summed E-state index contributed by atoms with van der Waals surface area (Å²) in [6.45, 7) is 2.83. The molecule has 0 aromatic carbocycles. The van der Waals surface area contributed by atoms with E-state index in [1.807, 2.05) is 6.07 Å². The first-order valence-electron chi connectivity index (χ1n) is 7.14. The lowest BCUT2D eigenvalue weighted by atomic mass is 9.90. The minimum absolute atomic E-state index is 0.248. The van der Waals surface area contributed by atoms with Crippen molar-refractivity contribution in [1.82, 2.24) is 5.32 Å². The summed E-state index contributed by atoms with van der Waals surface area (Å²) in [4.78, 5) is 25.3. The molecule has 0 bridgehead atoms. The summed E-state index contributed by atoms with van der Waals surface area (Å²) in [6.07, 6.45) is 3.23. The fraction of sp³-hybridized carbons (Fsp3) is 0.600. The van der Waals surface area contributed by atoms with Gasteiger partial charge in [0.1, 0.15) is 4.88 Å². The average Bonchev–Trinajstić information content (AvgIpc) is 2.88. The lowest BCUT2D eigenvalue weighted by molar-refractivity contribution is -0.124. The summed E-state index contributed by atoms with van der Waals surface area (Å²) < 4.78 is 9.87. The first-order chi connectivity index (χ1) is 10.1. The summed E-state index contributed by atoms with van der Waals surface area (Å²) in [5.74, 6) is -0.0539. The quantitative estimate of drug-likeness (QED) is 0.642. The molecule has 1 N–H and O–H groups in total. The Labute approximate surface area is 128 Å². The Morgan fingerprint density at radius 1 is 1.48 bits per heavy atom. The standard InChI is InChI=1S/C15H21NO4S/c1-10-3-4-12-11(7-10)8-13(21-12)15(18)20-9-14(17)16-5-6-19-2/h8,10H,3-7,9H2,1-2H3,(H,16,17)/t10-/m1/s1. The Balaban J connectivity index is 1.82. The molecule has 0 saturated heterocycles. The number of carbonyl (C=O) groups is 2. The fourth-order valence-corrected chi connectivity index (χ4v) is 3.45. The van der Waals surface area contributed by atoms with Gasteiger partial charge in [0.25, 0.3) is 5.91 Å². The second-order valence-electron chi connectivity index (χ2n) is 5.33. The van der Waals surface area contributed by atoms with Crippen LogP contribution in [0, 0.1) is 5.92 Å². The van der Waals surface area contributed by atoms with E-state index in [9.17, 15) is 9.59 Å². The van der Waals surface area contributed by atoms with Crippen LogP contribution in [0.5, 0.6) is 0 Å². The molecule has 0 unspecified atom stereocenters. The molecule has 1 amide bonds. The topological polar surface area (TPSA) is 64.6 Å². The van der Waals surface area contributed by atoms with E-state index in [-0.39, 0.29) is 12.5 Å². The molecule has 2 rings (SSSR count). The highest BCUT2D eigenvalue weighted by atomic mass is 32.1. The van der Waals surface area contributed by atoms with E-state index in [1.165, 1.54) is 28.2 Å². The van der Waals surface area contributed by atoms with Crippen molar-refractivity contribution in [3.63, 3.8) is 0 Å². The smallest absolute Gasteiger partial charge is 0.348 e. The minimum atomic E-state index is -0.413. The third-order valence-corrected chi connectivity index (χ3v) is 4.71. The second kappa shape index (κ2) is 7.56. The van der Waals surface area contributed by atoms with Gasteiger partial charge in [-0.3, -0.25) is 4.79 Å². The van der Waals surface area contributed by atoms with Crippen LogP contribution in [0.3, 0.4) is 0 Å². The number of ether oxygens (including phenoxy) is 2.